The van der Waals surface area contributed by atoms with Gasteiger partial charge in [0.2, 0.25) is 0 Å². The van der Waals surface area contributed by atoms with E-state index < -0.39 is 0 Å². The van der Waals surface area contributed by atoms with Crippen molar-refractivity contribution in [3.05, 3.63) is 23.8 Å². The van der Waals surface area contributed by atoms with E-state index in [2.05, 4.69) is 20.5 Å². The van der Waals surface area contributed by atoms with Crippen molar-refractivity contribution in [2.75, 3.05) is 0 Å². The Balaban J connectivity index is 2.10. The van der Waals surface area contributed by atoms with Gasteiger partial charge in [0.25, 0.3) is 0 Å². The number of ketones is 1. The SMILES string of the molecule is Cn1cc(C(=O)Cc2nnn(C)n2)cn1. The molecule has 2 rings (SSSR count). The number of aryl methyl sites for hydroxylation is 2. The minimum atomic E-state index is -0.0592. The Labute approximate surface area is 85.7 Å². The lowest BCUT2D eigenvalue weighted by molar-refractivity contribution is 0.0990. The summed E-state index contributed by atoms with van der Waals surface area (Å²) in [5, 5.41) is 15.2. The van der Waals surface area contributed by atoms with Gasteiger partial charge in [-0.15, -0.1) is 10.2 Å². The molecule has 78 valence electrons. The second kappa shape index (κ2) is 3.60. The Morgan fingerprint density at radius 3 is 2.80 bits per heavy atom. The van der Waals surface area contributed by atoms with Gasteiger partial charge in [-0.3, -0.25) is 9.48 Å². The van der Waals surface area contributed by atoms with E-state index in [4.69, 9.17) is 0 Å². The third-order valence-electron chi connectivity index (χ3n) is 1.90. The van der Waals surface area contributed by atoms with Crippen molar-refractivity contribution >= 4 is 5.78 Å². The maximum absolute atomic E-state index is 11.7. The molecule has 7 heteroatoms. The van der Waals surface area contributed by atoms with Gasteiger partial charge in [0.15, 0.2) is 11.6 Å². The fourth-order valence-electron chi connectivity index (χ4n) is 1.20. The maximum Gasteiger partial charge on any atom is 0.182 e. The quantitative estimate of drug-likeness (QED) is 0.625. The van der Waals surface area contributed by atoms with Gasteiger partial charge in [-0.2, -0.15) is 9.90 Å². The number of carbonyl (C=O) groups is 1. The fourth-order valence-corrected chi connectivity index (χ4v) is 1.20. The van der Waals surface area contributed by atoms with Gasteiger partial charge in [-0.05, 0) is 5.21 Å². The van der Waals surface area contributed by atoms with Crippen LogP contribution < -0.4 is 0 Å². The smallest absolute Gasteiger partial charge is 0.182 e. The summed E-state index contributed by atoms with van der Waals surface area (Å²) >= 11 is 0. The van der Waals surface area contributed by atoms with Crippen LogP contribution in [0.1, 0.15) is 16.2 Å². The van der Waals surface area contributed by atoms with Gasteiger partial charge in [0.1, 0.15) is 0 Å². The van der Waals surface area contributed by atoms with E-state index in [1.54, 1.807) is 25.0 Å². The molecule has 7 nitrogen and oxygen atoms in total. The molecular weight excluding hydrogens is 196 g/mol. The average molecular weight is 206 g/mol. The first-order valence-corrected chi connectivity index (χ1v) is 4.40. The first kappa shape index (κ1) is 9.50. The van der Waals surface area contributed by atoms with Crippen molar-refractivity contribution in [1.82, 2.24) is 30.0 Å². The fraction of sp³-hybridized carbons (Fsp3) is 0.375. The first-order chi connectivity index (χ1) is 7.15. The molecule has 0 aliphatic rings. The van der Waals surface area contributed by atoms with Crippen LogP contribution in [0.5, 0.6) is 0 Å². The van der Waals surface area contributed by atoms with E-state index in [0.717, 1.165) is 0 Å². The van der Waals surface area contributed by atoms with E-state index in [9.17, 15) is 4.79 Å². The number of hydrogen-bond donors (Lipinski definition) is 0. The van der Waals surface area contributed by atoms with E-state index in [0.29, 0.717) is 11.4 Å². The Bertz CT molecular complexity index is 485. The second-order valence-corrected chi connectivity index (χ2v) is 3.20. The highest BCUT2D eigenvalue weighted by Gasteiger charge is 2.12. The van der Waals surface area contributed by atoms with Gasteiger partial charge in [0.05, 0.1) is 25.2 Å². The standard InChI is InChI=1S/C8H10N6O/c1-13-5-6(4-9-13)7(15)3-8-10-12-14(2)11-8/h4-5H,3H2,1-2H3. The number of hydrogen-bond acceptors (Lipinski definition) is 5. The summed E-state index contributed by atoms with van der Waals surface area (Å²) in [6.07, 6.45) is 3.34. The molecule has 0 bridgehead atoms. The predicted octanol–water partition coefficient (Wildman–Crippen LogP) is -0.631. The highest BCUT2D eigenvalue weighted by molar-refractivity contribution is 5.96. The molecule has 0 aliphatic heterocycles. The molecule has 0 atom stereocenters. The van der Waals surface area contributed by atoms with Crippen LogP contribution in [-0.4, -0.2) is 35.8 Å². The van der Waals surface area contributed by atoms with E-state index in [1.807, 2.05) is 0 Å². The molecule has 2 aromatic rings. The summed E-state index contributed by atoms with van der Waals surface area (Å²) in [6.45, 7) is 0. The molecule has 0 amide bonds. The topological polar surface area (TPSA) is 78.5 Å². The molecule has 0 N–H and O–H groups in total. The Kier molecular flexibility index (Phi) is 2.28. The molecule has 2 heterocycles. The molecule has 0 fully saturated rings. The number of Topliss-reactive ketones (excluding diaryl/α,β-unsaturated/α-hetero) is 1. The number of rotatable bonds is 3. The van der Waals surface area contributed by atoms with Crippen LogP contribution in [0.4, 0.5) is 0 Å². The summed E-state index contributed by atoms with van der Waals surface area (Å²) in [4.78, 5) is 13.0. The zero-order chi connectivity index (χ0) is 10.8. The highest BCUT2D eigenvalue weighted by Crippen LogP contribution is 2.01. The van der Waals surface area contributed by atoms with Crippen LogP contribution in [-0.2, 0) is 20.5 Å². The zero-order valence-corrected chi connectivity index (χ0v) is 8.45. The van der Waals surface area contributed by atoms with Crippen molar-refractivity contribution < 1.29 is 4.79 Å². The molecular formula is C8H10N6O. The Morgan fingerprint density at radius 1 is 1.47 bits per heavy atom. The van der Waals surface area contributed by atoms with Crippen LogP contribution in [0.3, 0.4) is 0 Å². The largest absolute Gasteiger partial charge is 0.294 e. The van der Waals surface area contributed by atoms with Crippen LogP contribution in [0.2, 0.25) is 0 Å². The molecule has 0 saturated carbocycles. The van der Waals surface area contributed by atoms with Gasteiger partial charge < -0.3 is 0 Å². The number of tetrazole rings is 1. The van der Waals surface area contributed by atoms with Gasteiger partial charge in [-0.1, -0.05) is 0 Å². The van der Waals surface area contributed by atoms with E-state index >= 15 is 0 Å². The highest BCUT2D eigenvalue weighted by atomic mass is 16.1. The second-order valence-electron chi connectivity index (χ2n) is 3.20. The zero-order valence-electron chi connectivity index (χ0n) is 8.45. The van der Waals surface area contributed by atoms with Gasteiger partial charge >= 0.3 is 0 Å². The maximum atomic E-state index is 11.7. The molecule has 15 heavy (non-hydrogen) atoms. The average Bonchev–Trinajstić information content (AvgIpc) is 2.75. The third kappa shape index (κ3) is 2.06. The van der Waals surface area contributed by atoms with Crippen LogP contribution in [0.25, 0.3) is 0 Å². The molecule has 2 aromatic heterocycles. The lowest BCUT2D eigenvalue weighted by atomic mass is 10.2. The summed E-state index contributed by atoms with van der Waals surface area (Å²) < 4.78 is 1.58. The van der Waals surface area contributed by atoms with Crippen molar-refractivity contribution in [2.45, 2.75) is 6.42 Å². The number of nitrogens with zero attached hydrogens (tertiary/aromatic N) is 6. The lowest BCUT2D eigenvalue weighted by Crippen LogP contribution is -2.04. The van der Waals surface area contributed by atoms with Crippen molar-refractivity contribution in [1.29, 1.82) is 0 Å². The van der Waals surface area contributed by atoms with Gasteiger partial charge in [-0.25, -0.2) is 0 Å². The minimum absolute atomic E-state index is 0.0592. The molecule has 0 saturated heterocycles. The molecule has 0 aliphatic carbocycles. The molecule has 0 aromatic carbocycles. The van der Waals surface area contributed by atoms with E-state index in [-0.39, 0.29) is 12.2 Å². The van der Waals surface area contributed by atoms with Crippen molar-refractivity contribution in [3.63, 3.8) is 0 Å². The molecule has 0 unspecified atom stereocenters. The first-order valence-electron chi connectivity index (χ1n) is 4.40. The van der Waals surface area contributed by atoms with E-state index in [1.165, 1.54) is 11.0 Å². The molecule has 0 spiro atoms. The van der Waals surface area contributed by atoms with Crippen LogP contribution >= 0.6 is 0 Å². The van der Waals surface area contributed by atoms with Gasteiger partial charge in [0, 0.05) is 13.2 Å². The summed E-state index contributed by atoms with van der Waals surface area (Å²) in [5.74, 6) is 0.363. The Hall–Kier alpha value is -2.05. The van der Waals surface area contributed by atoms with Crippen molar-refractivity contribution in [3.8, 4) is 0 Å². The lowest BCUT2D eigenvalue weighted by Gasteiger charge is -1.91. The number of carbonyl (C=O) groups excluding carboxylic acids is 1. The monoisotopic (exact) mass is 206 g/mol. The Morgan fingerprint density at radius 2 is 2.27 bits per heavy atom. The summed E-state index contributed by atoms with van der Waals surface area (Å²) in [6, 6.07) is 0. The molecule has 0 radical (unpaired) electrons. The summed E-state index contributed by atoms with van der Waals surface area (Å²) in [7, 11) is 3.42. The number of aromatic nitrogens is 6. The predicted molar refractivity (Wildman–Crippen MR) is 50.0 cm³/mol. The van der Waals surface area contributed by atoms with Crippen LogP contribution in [0.15, 0.2) is 12.4 Å². The summed E-state index contributed by atoms with van der Waals surface area (Å²) in [5.41, 5.74) is 0.560. The van der Waals surface area contributed by atoms with Crippen molar-refractivity contribution in [2.24, 2.45) is 14.1 Å². The minimum Gasteiger partial charge on any atom is -0.294 e. The normalized spacial score (nSPS) is 10.5. The van der Waals surface area contributed by atoms with Crippen LogP contribution in [0, 0.1) is 0 Å². The third-order valence-corrected chi connectivity index (χ3v) is 1.90.